The second kappa shape index (κ2) is 8.46. The number of ether oxygens (including phenoxy) is 2. The van der Waals surface area contributed by atoms with Crippen molar-refractivity contribution >= 4 is 39.5 Å². The molecule has 6 nitrogen and oxygen atoms in total. The van der Waals surface area contributed by atoms with Crippen molar-refractivity contribution in [2.24, 2.45) is 0 Å². The van der Waals surface area contributed by atoms with E-state index in [1.165, 1.54) is 11.8 Å². The van der Waals surface area contributed by atoms with Gasteiger partial charge in [0.25, 0.3) is 5.91 Å². The molecule has 1 unspecified atom stereocenters. The Bertz CT molecular complexity index is 831. The summed E-state index contributed by atoms with van der Waals surface area (Å²) in [7, 11) is 0. The molecule has 136 valence electrons. The highest BCUT2D eigenvalue weighted by Crippen LogP contribution is 2.30. The first-order valence-electron chi connectivity index (χ1n) is 7.89. The van der Waals surface area contributed by atoms with E-state index in [4.69, 9.17) is 9.47 Å². The largest absolute Gasteiger partial charge is 0.485 e. The summed E-state index contributed by atoms with van der Waals surface area (Å²) in [5, 5.41) is 0. The quantitative estimate of drug-likeness (QED) is 0.569. The van der Waals surface area contributed by atoms with Crippen molar-refractivity contribution in [3.63, 3.8) is 0 Å². The first-order chi connectivity index (χ1) is 12.5. The number of nitrogens with one attached hydrogen (secondary N) is 2. The van der Waals surface area contributed by atoms with Crippen LogP contribution in [0.4, 0.5) is 0 Å². The van der Waals surface area contributed by atoms with Gasteiger partial charge in [-0.25, -0.2) is 0 Å². The molecule has 0 spiro atoms. The van der Waals surface area contributed by atoms with Gasteiger partial charge in [0.15, 0.2) is 11.5 Å². The Balaban J connectivity index is 1.45. The standard InChI is InChI=1S/C18H17BrN2O4S/c1-11-8-12(19)6-7-16(11)26-10-17(22)20-21-18(23)15-9-24-13-4-2-3-5-14(13)25-15/h2-8,15H,9-10H2,1H3,(H,20,22)(H,21,23). The van der Waals surface area contributed by atoms with E-state index in [2.05, 4.69) is 26.8 Å². The van der Waals surface area contributed by atoms with Crippen molar-refractivity contribution < 1.29 is 19.1 Å². The van der Waals surface area contributed by atoms with Gasteiger partial charge in [-0.05, 0) is 42.8 Å². The van der Waals surface area contributed by atoms with Gasteiger partial charge in [0.1, 0.15) is 6.61 Å². The predicted octanol–water partition coefficient (Wildman–Crippen LogP) is 2.84. The Morgan fingerprint density at radius 2 is 1.96 bits per heavy atom. The molecule has 26 heavy (non-hydrogen) atoms. The van der Waals surface area contributed by atoms with Crippen LogP contribution in [0.3, 0.4) is 0 Å². The molecule has 2 aromatic rings. The van der Waals surface area contributed by atoms with Crippen LogP contribution >= 0.6 is 27.7 Å². The number of rotatable bonds is 4. The van der Waals surface area contributed by atoms with Crippen LogP contribution in [-0.2, 0) is 9.59 Å². The number of hydrogen-bond donors (Lipinski definition) is 2. The number of aryl methyl sites for hydroxylation is 1. The number of carbonyl (C=O) groups is 2. The monoisotopic (exact) mass is 436 g/mol. The molecular formula is C18H17BrN2O4S. The number of halogens is 1. The smallest absolute Gasteiger partial charge is 0.283 e. The fourth-order valence-corrected chi connectivity index (χ4v) is 3.60. The van der Waals surface area contributed by atoms with Gasteiger partial charge in [-0.2, -0.15) is 0 Å². The number of fused-ring (bicyclic) bond motifs is 1. The summed E-state index contributed by atoms with van der Waals surface area (Å²) in [4.78, 5) is 25.1. The average molecular weight is 437 g/mol. The normalized spacial score (nSPS) is 15.2. The molecule has 0 aromatic heterocycles. The Morgan fingerprint density at radius 1 is 1.19 bits per heavy atom. The molecule has 2 amide bonds. The highest BCUT2D eigenvalue weighted by molar-refractivity contribution is 9.10. The van der Waals surface area contributed by atoms with Gasteiger partial charge >= 0.3 is 0 Å². The van der Waals surface area contributed by atoms with Gasteiger partial charge < -0.3 is 9.47 Å². The lowest BCUT2D eigenvalue weighted by Gasteiger charge is -2.25. The number of hydrazine groups is 1. The van der Waals surface area contributed by atoms with E-state index in [1.54, 1.807) is 18.2 Å². The predicted molar refractivity (Wildman–Crippen MR) is 102 cm³/mol. The number of benzene rings is 2. The van der Waals surface area contributed by atoms with Crippen molar-refractivity contribution in [3.05, 3.63) is 52.5 Å². The number of carbonyl (C=O) groups excluding carboxylic acids is 2. The average Bonchev–Trinajstić information content (AvgIpc) is 2.65. The van der Waals surface area contributed by atoms with Crippen LogP contribution in [-0.4, -0.2) is 30.3 Å². The maximum atomic E-state index is 12.1. The second-order valence-electron chi connectivity index (χ2n) is 5.60. The zero-order valence-electron chi connectivity index (χ0n) is 14.0. The zero-order valence-corrected chi connectivity index (χ0v) is 16.4. The van der Waals surface area contributed by atoms with Gasteiger partial charge in [-0.1, -0.05) is 28.1 Å². The fourth-order valence-electron chi connectivity index (χ4n) is 2.31. The van der Waals surface area contributed by atoms with Crippen molar-refractivity contribution in [2.75, 3.05) is 12.4 Å². The van der Waals surface area contributed by atoms with E-state index in [0.29, 0.717) is 11.5 Å². The van der Waals surface area contributed by atoms with Gasteiger partial charge in [0.05, 0.1) is 5.75 Å². The summed E-state index contributed by atoms with van der Waals surface area (Å²) >= 11 is 4.81. The lowest BCUT2D eigenvalue weighted by atomic mass is 10.2. The summed E-state index contributed by atoms with van der Waals surface area (Å²) in [6.07, 6.45) is -0.813. The molecule has 0 fully saturated rings. The van der Waals surface area contributed by atoms with E-state index in [-0.39, 0.29) is 18.3 Å². The maximum absolute atomic E-state index is 12.1. The SMILES string of the molecule is Cc1cc(Br)ccc1SCC(=O)NNC(=O)C1COc2ccccc2O1. The summed E-state index contributed by atoms with van der Waals surface area (Å²) in [5.41, 5.74) is 5.86. The second-order valence-corrected chi connectivity index (χ2v) is 7.53. The van der Waals surface area contributed by atoms with Crippen molar-refractivity contribution in [1.29, 1.82) is 0 Å². The van der Waals surface area contributed by atoms with Gasteiger partial charge in [-0.15, -0.1) is 11.8 Å². The summed E-state index contributed by atoms with van der Waals surface area (Å²) in [6.45, 7) is 2.07. The lowest BCUT2D eigenvalue weighted by Crippen LogP contribution is -2.51. The lowest BCUT2D eigenvalue weighted by molar-refractivity contribution is -0.134. The third kappa shape index (κ3) is 4.70. The fraction of sp³-hybridized carbons (Fsp3) is 0.222. The molecule has 0 bridgehead atoms. The van der Waals surface area contributed by atoms with Crippen LogP contribution in [0.1, 0.15) is 5.56 Å². The molecule has 1 aliphatic rings. The Hall–Kier alpha value is -2.19. The van der Waals surface area contributed by atoms with Crippen LogP contribution in [0.25, 0.3) is 0 Å². The van der Waals surface area contributed by atoms with Gasteiger partial charge in [-0.3, -0.25) is 20.4 Å². The molecule has 0 saturated heterocycles. The number of para-hydroxylation sites is 2. The number of thioether (sulfide) groups is 1. The van der Waals surface area contributed by atoms with Crippen molar-refractivity contribution in [2.45, 2.75) is 17.9 Å². The molecular weight excluding hydrogens is 420 g/mol. The maximum Gasteiger partial charge on any atom is 0.283 e. The Kier molecular flexibility index (Phi) is 6.05. The third-order valence-electron chi connectivity index (χ3n) is 3.62. The molecule has 3 rings (SSSR count). The molecule has 1 aliphatic heterocycles. The first kappa shape index (κ1) is 18.6. The summed E-state index contributed by atoms with van der Waals surface area (Å²) < 4.78 is 12.1. The molecule has 2 aromatic carbocycles. The van der Waals surface area contributed by atoms with Crippen molar-refractivity contribution in [3.8, 4) is 11.5 Å². The molecule has 1 atom stereocenters. The number of amides is 2. The topological polar surface area (TPSA) is 76.7 Å². The van der Waals surface area contributed by atoms with Crippen LogP contribution in [0.15, 0.2) is 51.8 Å². The van der Waals surface area contributed by atoms with E-state index >= 15 is 0 Å². The van der Waals surface area contributed by atoms with Crippen LogP contribution in [0.5, 0.6) is 11.5 Å². The summed E-state index contributed by atoms with van der Waals surface area (Å²) in [6, 6.07) is 13.0. The summed E-state index contributed by atoms with van der Waals surface area (Å²) in [5.74, 6) is 0.530. The van der Waals surface area contributed by atoms with Crippen molar-refractivity contribution in [1.82, 2.24) is 10.9 Å². The minimum Gasteiger partial charge on any atom is -0.485 e. The molecule has 0 saturated carbocycles. The minimum absolute atomic E-state index is 0.0888. The van der Waals surface area contributed by atoms with E-state index in [0.717, 1.165) is 14.9 Å². The molecule has 8 heteroatoms. The molecule has 2 N–H and O–H groups in total. The molecule has 0 radical (unpaired) electrons. The van der Waals surface area contributed by atoms with Gasteiger partial charge in [0, 0.05) is 9.37 Å². The minimum atomic E-state index is -0.813. The highest BCUT2D eigenvalue weighted by Gasteiger charge is 2.27. The van der Waals surface area contributed by atoms with Crippen LogP contribution in [0.2, 0.25) is 0 Å². The van der Waals surface area contributed by atoms with E-state index < -0.39 is 12.0 Å². The van der Waals surface area contributed by atoms with Crippen LogP contribution < -0.4 is 20.3 Å². The van der Waals surface area contributed by atoms with E-state index in [1.807, 2.05) is 31.2 Å². The zero-order chi connectivity index (χ0) is 18.5. The highest BCUT2D eigenvalue weighted by atomic mass is 79.9. The Labute approximate surface area is 163 Å². The third-order valence-corrected chi connectivity index (χ3v) is 5.29. The van der Waals surface area contributed by atoms with Gasteiger partial charge in [0.2, 0.25) is 12.0 Å². The molecule has 0 aliphatic carbocycles. The van der Waals surface area contributed by atoms with E-state index in [9.17, 15) is 9.59 Å². The first-order valence-corrected chi connectivity index (χ1v) is 9.67. The van der Waals surface area contributed by atoms with Crippen LogP contribution in [0, 0.1) is 6.92 Å². The number of hydrogen-bond acceptors (Lipinski definition) is 5. The Morgan fingerprint density at radius 3 is 2.73 bits per heavy atom. The molecule has 1 heterocycles.